The zero-order valence-electron chi connectivity index (χ0n) is 9.47. The molecule has 0 aliphatic carbocycles. The van der Waals surface area contributed by atoms with Crippen LogP contribution in [0, 0.1) is 0 Å². The summed E-state index contributed by atoms with van der Waals surface area (Å²) in [6.45, 7) is 0. The summed E-state index contributed by atoms with van der Waals surface area (Å²) < 4.78 is 43.0. The Kier molecular flexibility index (Phi) is 3.04. The van der Waals surface area contributed by atoms with Gasteiger partial charge in [0, 0.05) is 6.07 Å². The molecule has 0 bridgehead atoms. The van der Waals surface area contributed by atoms with Gasteiger partial charge in [-0.1, -0.05) is 5.16 Å². The highest BCUT2D eigenvalue weighted by Crippen LogP contribution is 2.45. The number of halogens is 3. The predicted molar refractivity (Wildman–Crippen MR) is 57.2 cm³/mol. The monoisotopic (exact) mass is 289 g/mol. The summed E-state index contributed by atoms with van der Waals surface area (Å²) in [5, 5.41) is 30.5. The van der Waals surface area contributed by atoms with Gasteiger partial charge in [0.05, 0.1) is 11.1 Å². The fraction of sp³-hybridized carbons (Fsp3) is 0.0909. The first-order valence-electron chi connectivity index (χ1n) is 5.04. The second kappa shape index (κ2) is 4.44. The average molecular weight is 289 g/mol. The number of hydrogen-bond acceptors (Lipinski definition) is 5. The van der Waals surface area contributed by atoms with Gasteiger partial charge in [-0.15, -0.1) is 0 Å². The van der Waals surface area contributed by atoms with Crippen LogP contribution in [0.5, 0.6) is 11.5 Å². The third kappa shape index (κ3) is 2.25. The van der Waals surface area contributed by atoms with E-state index in [1.54, 1.807) is 0 Å². The molecule has 0 fully saturated rings. The molecule has 0 aliphatic heterocycles. The van der Waals surface area contributed by atoms with Crippen molar-refractivity contribution in [1.29, 1.82) is 0 Å². The largest absolute Gasteiger partial charge is 0.504 e. The van der Waals surface area contributed by atoms with Gasteiger partial charge in [0.25, 0.3) is 0 Å². The molecule has 0 aliphatic rings. The molecule has 3 N–H and O–H groups in total. The molecule has 0 saturated heterocycles. The maximum Gasteiger partial charge on any atom is 0.417 e. The van der Waals surface area contributed by atoms with Crippen LogP contribution in [0.1, 0.15) is 16.1 Å². The lowest BCUT2D eigenvalue weighted by atomic mass is 10.0. The summed E-state index contributed by atoms with van der Waals surface area (Å²) in [5.74, 6) is -4.01. The molecule has 6 nitrogen and oxygen atoms in total. The van der Waals surface area contributed by atoms with Crippen molar-refractivity contribution < 1.29 is 37.8 Å². The third-order valence-corrected chi connectivity index (χ3v) is 2.44. The van der Waals surface area contributed by atoms with Gasteiger partial charge in [-0.25, -0.2) is 4.79 Å². The van der Waals surface area contributed by atoms with E-state index in [9.17, 15) is 28.2 Å². The summed E-state index contributed by atoms with van der Waals surface area (Å²) in [4.78, 5) is 10.6. The number of aromatic hydroxyl groups is 2. The summed E-state index contributed by atoms with van der Waals surface area (Å²) in [5.41, 5.74) is -2.80. The van der Waals surface area contributed by atoms with Crippen molar-refractivity contribution in [2.24, 2.45) is 0 Å². The molecule has 1 aromatic carbocycles. The molecule has 106 valence electrons. The van der Waals surface area contributed by atoms with Crippen molar-refractivity contribution >= 4 is 5.97 Å². The number of rotatable bonds is 2. The normalized spacial score (nSPS) is 11.6. The van der Waals surface area contributed by atoms with Gasteiger partial charge in [-0.2, -0.15) is 13.2 Å². The minimum atomic E-state index is -4.84. The van der Waals surface area contributed by atoms with E-state index in [1.807, 2.05) is 0 Å². The second-order valence-corrected chi connectivity index (χ2v) is 3.74. The molecule has 0 radical (unpaired) electrons. The topological polar surface area (TPSA) is 104 Å². The lowest BCUT2D eigenvalue weighted by molar-refractivity contribution is -0.137. The number of benzene rings is 1. The van der Waals surface area contributed by atoms with E-state index < -0.39 is 46.2 Å². The van der Waals surface area contributed by atoms with Crippen molar-refractivity contribution in [2.45, 2.75) is 6.18 Å². The fourth-order valence-electron chi connectivity index (χ4n) is 1.56. The van der Waals surface area contributed by atoms with Crippen LogP contribution in [0.2, 0.25) is 0 Å². The Morgan fingerprint density at radius 2 is 1.90 bits per heavy atom. The van der Waals surface area contributed by atoms with E-state index in [-0.39, 0.29) is 0 Å². The first kappa shape index (κ1) is 13.7. The summed E-state index contributed by atoms with van der Waals surface area (Å²) >= 11 is 0. The molecule has 2 aromatic rings. The molecule has 0 saturated carbocycles. The highest BCUT2D eigenvalue weighted by molar-refractivity contribution is 5.87. The molecule has 0 unspecified atom stereocenters. The van der Waals surface area contributed by atoms with E-state index in [0.29, 0.717) is 18.2 Å². The van der Waals surface area contributed by atoms with Gasteiger partial charge in [-0.3, -0.25) is 0 Å². The number of phenols is 2. The molecular formula is C11H6F3NO5. The average Bonchev–Trinajstić information content (AvgIpc) is 2.80. The highest BCUT2D eigenvalue weighted by atomic mass is 19.4. The Labute approximate surface area is 108 Å². The maximum atomic E-state index is 12.8. The summed E-state index contributed by atoms with van der Waals surface area (Å²) in [6, 6.07) is 1.91. The Balaban J connectivity index is 2.70. The van der Waals surface area contributed by atoms with Crippen LogP contribution >= 0.6 is 0 Å². The predicted octanol–water partition coefficient (Wildman–Crippen LogP) is 2.47. The number of nitrogens with zero attached hydrogens (tertiary/aromatic N) is 1. The first-order valence-corrected chi connectivity index (χ1v) is 5.04. The number of carboxylic acid groups (broad SMARTS) is 1. The molecule has 0 spiro atoms. The van der Waals surface area contributed by atoms with Crippen LogP contribution in [0.4, 0.5) is 13.2 Å². The minimum Gasteiger partial charge on any atom is -0.504 e. The van der Waals surface area contributed by atoms with Crippen LogP contribution in [0.3, 0.4) is 0 Å². The van der Waals surface area contributed by atoms with Crippen molar-refractivity contribution in [3.8, 4) is 22.8 Å². The smallest absolute Gasteiger partial charge is 0.417 e. The van der Waals surface area contributed by atoms with E-state index in [2.05, 4.69) is 9.68 Å². The van der Waals surface area contributed by atoms with E-state index >= 15 is 0 Å². The van der Waals surface area contributed by atoms with Gasteiger partial charge < -0.3 is 19.8 Å². The van der Waals surface area contributed by atoms with Crippen LogP contribution in [-0.2, 0) is 6.18 Å². The highest BCUT2D eigenvalue weighted by Gasteiger charge is 2.37. The lowest BCUT2D eigenvalue weighted by Crippen LogP contribution is -2.07. The van der Waals surface area contributed by atoms with Crippen molar-refractivity contribution in [1.82, 2.24) is 5.16 Å². The number of aromatic carboxylic acids is 1. The quantitative estimate of drug-likeness (QED) is 0.734. The molecule has 0 atom stereocenters. The number of alkyl halides is 3. The van der Waals surface area contributed by atoms with E-state index in [4.69, 9.17) is 5.11 Å². The van der Waals surface area contributed by atoms with Crippen LogP contribution in [0.15, 0.2) is 22.7 Å². The second-order valence-electron chi connectivity index (χ2n) is 3.74. The molecule has 9 heteroatoms. The van der Waals surface area contributed by atoms with Crippen molar-refractivity contribution in [3.63, 3.8) is 0 Å². The van der Waals surface area contributed by atoms with Crippen molar-refractivity contribution in [2.75, 3.05) is 0 Å². The summed E-state index contributed by atoms with van der Waals surface area (Å²) in [7, 11) is 0. The molecule has 20 heavy (non-hydrogen) atoms. The van der Waals surface area contributed by atoms with Crippen LogP contribution in [0.25, 0.3) is 11.3 Å². The van der Waals surface area contributed by atoms with Gasteiger partial charge >= 0.3 is 12.1 Å². The SMILES string of the molecule is O=C(O)c1cc(-c2c(C(F)(F)F)ccc(O)c2O)on1. The third-order valence-electron chi connectivity index (χ3n) is 2.44. The molecule has 0 amide bonds. The van der Waals surface area contributed by atoms with Gasteiger partial charge in [0.15, 0.2) is 23.0 Å². The van der Waals surface area contributed by atoms with Crippen LogP contribution < -0.4 is 0 Å². The minimum absolute atomic E-state index is 0.535. The number of carbonyl (C=O) groups is 1. The number of phenolic OH excluding ortho intramolecular Hbond substituents is 2. The Hall–Kier alpha value is -2.71. The maximum absolute atomic E-state index is 12.8. The first-order chi connectivity index (χ1) is 9.21. The van der Waals surface area contributed by atoms with E-state index in [0.717, 1.165) is 0 Å². The van der Waals surface area contributed by atoms with E-state index in [1.165, 1.54) is 0 Å². The molecule has 1 aromatic heterocycles. The lowest BCUT2D eigenvalue weighted by Gasteiger charge is -2.12. The Morgan fingerprint density at radius 1 is 1.25 bits per heavy atom. The molecular weight excluding hydrogens is 283 g/mol. The Morgan fingerprint density at radius 3 is 2.40 bits per heavy atom. The zero-order valence-corrected chi connectivity index (χ0v) is 9.47. The standard InChI is InChI=1S/C11H6F3NO5/c12-11(13,14)4-1-2-6(16)9(17)8(4)7-3-5(10(18)19)15-20-7/h1-3,16-17H,(H,18,19). The zero-order chi connectivity index (χ0) is 15.1. The number of hydrogen-bond donors (Lipinski definition) is 3. The molecule has 1 heterocycles. The Bertz CT molecular complexity index is 677. The fourth-order valence-corrected chi connectivity index (χ4v) is 1.56. The van der Waals surface area contributed by atoms with Gasteiger partial charge in [-0.05, 0) is 12.1 Å². The van der Waals surface area contributed by atoms with Crippen molar-refractivity contribution in [3.05, 3.63) is 29.5 Å². The molecule has 2 rings (SSSR count). The summed E-state index contributed by atoms with van der Waals surface area (Å²) in [6.07, 6.45) is -4.84. The van der Waals surface area contributed by atoms with Gasteiger partial charge in [0.2, 0.25) is 0 Å². The van der Waals surface area contributed by atoms with Crippen LogP contribution in [-0.4, -0.2) is 26.4 Å². The van der Waals surface area contributed by atoms with Gasteiger partial charge in [0.1, 0.15) is 0 Å². The number of carboxylic acids is 1. The number of aromatic nitrogens is 1.